The highest BCUT2D eigenvalue weighted by Crippen LogP contribution is 2.20. The Morgan fingerprint density at radius 3 is 2.64 bits per heavy atom. The molecule has 0 saturated heterocycles. The van der Waals surface area contributed by atoms with Crippen molar-refractivity contribution in [3.05, 3.63) is 28.7 Å². The molecule has 0 N–H and O–H groups in total. The number of benzene rings is 1. The van der Waals surface area contributed by atoms with E-state index in [1.165, 1.54) is 18.9 Å². The fraction of sp³-hybridized carbons (Fsp3) is 0.300. The Kier molecular flexibility index (Phi) is 5.22. The summed E-state index contributed by atoms with van der Waals surface area (Å²) in [6.45, 7) is 0.198. The van der Waals surface area contributed by atoms with Crippen LogP contribution in [0.4, 0.5) is 0 Å². The third-order valence-corrected chi connectivity index (χ3v) is 3.12. The fourth-order valence-corrected chi connectivity index (χ4v) is 1.90. The standard InChI is InChI=1S/C10H11BrO2S/c1-13-6-9(12)7-14-10-4-2-8(11)3-5-10/h2-5H,6-7H2,1H3. The van der Waals surface area contributed by atoms with E-state index in [1.807, 2.05) is 24.3 Å². The van der Waals surface area contributed by atoms with E-state index in [0.717, 1.165) is 9.37 Å². The average Bonchev–Trinajstić information content (AvgIpc) is 2.17. The van der Waals surface area contributed by atoms with Crippen LogP contribution >= 0.6 is 27.7 Å². The lowest BCUT2D eigenvalue weighted by Gasteiger charge is -2.00. The van der Waals surface area contributed by atoms with Gasteiger partial charge in [0.05, 0.1) is 5.75 Å². The summed E-state index contributed by atoms with van der Waals surface area (Å²) in [5.74, 6) is 0.579. The Bertz CT molecular complexity index is 297. The van der Waals surface area contributed by atoms with E-state index in [-0.39, 0.29) is 12.4 Å². The van der Waals surface area contributed by atoms with Gasteiger partial charge in [-0.2, -0.15) is 0 Å². The van der Waals surface area contributed by atoms with Crippen molar-refractivity contribution in [2.45, 2.75) is 4.90 Å². The molecule has 1 aromatic rings. The largest absolute Gasteiger partial charge is 0.377 e. The highest BCUT2D eigenvalue weighted by atomic mass is 79.9. The summed E-state index contributed by atoms with van der Waals surface area (Å²) in [4.78, 5) is 12.2. The monoisotopic (exact) mass is 274 g/mol. The van der Waals surface area contributed by atoms with Gasteiger partial charge < -0.3 is 4.74 Å². The van der Waals surface area contributed by atoms with E-state index in [4.69, 9.17) is 4.74 Å². The molecule has 0 aliphatic carbocycles. The van der Waals surface area contributed by atoms with Gasteiger partial charge in [0, 0.05) is 16.5 Å². The van der Waals surface area contributed by atoms with Gasteiger partial charge in [0.25, 0.3) is 0 Å². The third-order valence-electron chi connectivity index (χ3n) is 1.52. The van der Waals surface area contributed by atoms with Crippen molar-refractivity contribution < 1.29 is 9.53 Å². The van der Waals surface area contributed by atoms with Crippen molar-refractivity contribution in [3.8, 4) is 0 Å². The normalized spacial score (nSPS) is 10.1. The maximum Gasteiger partial charge on any atom is 0.168 e. The summed E-state index contributed by atoms with van der Waals surface area (Å²) in [7, 11) is 1.53. The number of rotatable bonds is 5. The molecule has 1 aromatic carbocycles. The number of thioether (sulfide) groups is 1. The van der Waals surface area contributed by atoms with Crippen molar-refractivity contribution in [2.24, 2.45) is 0 Å². The first kappa shape index (κ1) is 11.8. The predicted octanol–water partition coefficient (Wildman–Crippen LogP) is 2.76. The van der Waals surface area contributed by atoms with Crippen molar-refractivity contribution in [2.75, 3.05) is 19.5 Å². The van der Waals surface area contributed by atoms with Gasteiger partial charge in [-0.3, -0.25) is 4.79 Å². The molecule has 0 fully saturated rings. The third kappa shape index (κ3) is 4.26. The lowest BCUT2D eigenvalue weighted by atomic mass is 10.4. The van der Waals surface area contributed by atoms with E-state index >= 15 is 0 Å². The van der Waals surface area contributed by atoms with Crippen LogP contribution in [-0.2, 0) is 9.53 Å². The van der Waals surface area contributed by atoms with E-state index in [1.54, 1.807) is 0 Å². The molecule has 0 atom stereocenters. The number of ketones is 1. The molecule has 0 aliphatic rings. The van der Waals surface area contributed by atoms with Crippen LogP contribution in [0, 0.1) is 0 Å². The Morgan fingerprint density at radius 2 is 2.07 bits per heavy atom. The highest BCUT2D eigenvalue weighted by Gasteiger charge is 2.01. The molecule has 0 spiro atoms. The van der Waals surface area contributed by atoms with Gasteiger partial charge in [0.1, 0.15) is 6.61 Å². The maximum atomic E-state index is 11.1. The Labute approximate surface area is 96.2 Å². The van der Waals surface area contributed by atoms with Crippen molar-refractivity contribution >= 4 is 33.5 Å². The Hall–Kier alpha value is -0.320. The summed E-state index contributed by atoms with van der Waals surface area (Å²) in [5.41, 5.74) is 0. The topological polar surface area (TPSA) is 26.3 Å². The molecule has 4 heteroatoms. The van der Waals surface area contributed by atoms with Crippen LogP contribution in [0.15, 0.2) is 33.6 Å². The van der Waals surface area contributed by atoms with Crippen LogP contribution < -0.4 is 0 Å². The maximum absolute atomic E-state index is 11.1. The zero-order valence-corrected chi connectivity index (χ0v) is 10.2. The quantitative estimate of drug-likeness (QED) is 0.773. The minimum absolute atomic E-state index is 0.111. The van der Waals surface area contributed by atoms with Gasteiger partial charge in [0.15, 0.2) is 5.78 Å². The molecule has 0 amide bonds. The SMILES string of the molecule is COCC(=O)CSc1ccc(Br)cc1. The molecule has 0 heterocycles. The van der Waals surface area contributed by atoms with Crippen LogP contribution in [-0.4, -0.2) is 25.3 Å². The number of halogens is 1. The Balaban J connectivity index is 2.38. The first-order valence-electron chi connectivity index (χ1n) is 4.11. The van der Waals surface area contributed by atoms with Gasteiger partial charge in [-0.1, -0.05) is 15.9 Å². The average molecular weight is 275 g/mol. The minimum Gasteiger partial charge on any atom is -0.377 e. The van der Waals surface area contributed by atoms with Gasteiger partial charge in [0.2, 0.25) is 0 Å². The second-order valence-electron chi connectivity index (χ2n) is 2.71. The van der Waals surface area contributed by atoms with E-state index < -0.39 is 0 Å². The van der Waals surface area contributed by atoms with Gasteiger partial charge >= 0.3 is 0 Å². The van der Waals surface area contributed by atoms with E-state index in [0.29, 0.717) is 5.75 Å². The van der Waals surface area contributed by atoms with E-state index in [2.05, 4.69) is 15.9 Å². The number of carbonyl (C=O) groups is 1. The first-order chi connectivity index (χ1) is 6.72. The lowest BCUT2D eigenvalue weighted by Crippen LogP contribution is -2.08. The van der Waals surface area contributed by atoms with Gasteiger partial charge in [-0.15, -0.1) is 11.8 Å². The number of methoxy groups -OCH3 is 1. The molecule has 76 valence electrons. The Morgan fingerprint density at radius 1 is 1.43 bits per heavy atom. The number of Topliss-reactive ketones (excluding diaryl/α,β-unsaturated/α-hetero) is 1. The summed E-state index contributed by atoms with van der Waals surface area (Å²) in [5, 5.41) is 0. The summed E-state index contributed by atoms with van der Waals surface area (Å²) in [6, 6.07) is 7.88. The molecule has 0 saturated carbocycles. The summed E-state index contributed by atoms with van der Waals surface area (Å²) >= 11 is 4.88. The van der Waals surface area contributed by atoms with Crippen molar-refractivity contribution in [1.29, 1.82) is 0 Å². The molecule has 0 unspecified atom stereocenters. The van der Waals surface area contributed by atoms with Crippen LogP contribution in [0.1, 0.15) is 0 Å². The molecular weight excluding hydrogens is 264 g/mol. The van der Waals surface area contributed by atoms with Crippen molar-refractivity contribution in [3.63, 3.8) is 0 Å². The lowest BCUT2D eigenvalue weighted by molar-refractivity contribution is -0.120. The number of hydrogen-bond acceptors (Lipinski definition) is 3. The van der Waals surface area contributed by atoms with Crippen LogP contribution in [0.3, 0.4) is 0 Å². The molecule has 0 radical (unpaired) electrons. The first-order valence-corrected chi connectivity index (χ1v) is 5.89. The summed E-state index contributed by atoms with van der Waals surface area (Å²) in [6.07, 6.45) is 0. The predicted molar refractivity (Wildman–Crippen MR) is 61.7 cm³/mol. The highest BCUT2D eigenvalue weighted by molar-refractivity contribution is 9.10. The molecule has 0 aliphatic heterocycles. The molecule has 0 aromatic heterocycles. The molecule has 2 nitrogen and oxygen atoms in total. The smallest absolute Gasteiger partial charge is 0.168 e. The zero-order valence-electron chi connectivity index (χ0n) is 7.83. The van der Waals surface area contributed by atoms with Crippen LogP contribution in [0.5, 0.6) is 0 Å². The number of hydrogen-bond donors (Lipinski definition) is 0. The van der Waals surface area contributed by atoms with Crippen LogP contribution in [0.2, 0.25) is 0 Å². The van der Waals surface area contributed by atoms with E-state index in [9.17, 15) is 4.79 Å². The molecule has 0 bridgehead atoms. The number of ether oxygens (including phenoxy) is 1. The molecule has 1 rings (SSSR count). The summed E-state index contributed by atoms with van der Waals surface area (Å²) < 4.78 is 5.79. The van der Waals surface area contributed by atoms with Crippen LogP contribution in [0.25, 0.3) is 0 Å². The fourth-order valence-electron chi connectivity index (χ4n) is 0.897. The second-order valence-corrected chi connectivity index (χ2v) is 4.68. The van der Waals surface area contributed by atoms with Gasteiger partial charge in [-0.25, -0.2) is 0 Å². The molecule has 14 heavy (non-hydrogen) atoms. The zero-order chi connectivity index (χ0) is 10.4. The van der Waals surface area contributed by atoms with Gasteiger partial charge in [-0.05, 0) is 24.3 Å². The second kappa shape index (κ2) is 6.22. The molecular formula is C10H11BrO2S. The van der Waals surface area contributed by atoms with Crippen molar-refractivity contribution in [1.82, 2.24) is 0 Å². The number of carbonyl (C=O) groups excluding carboxylic acids is 1. The minimum atomic E-state index is 0.111.